The van der Waals surface area contributed by atoms with Crippen LogP contribution in [0.5, 0.6) is 11.5 Å². The van der Waals surface area contributed by atoms with E-state index in [1.165, 1.54) is 0 Å². The smallest absolute Gasteiger partial charge is 0.126 e. The molecule has 4 heteroatoms. The molecule has 3 aromatic rings. The number of methoxy groups -OCH3 is 1. The summed E-state index contributed by atoms with van der Waals surface area (Å²) in [6.45, 7) is 0. The molecule has 0 aromatic heterocycles. The molecule has 0 saturated carbocycles. The summed E-state index contributed by atoms with van der Waals surface area (Å²) in [7, 11) is 1.64. The molecule has 0 spiro atoms. The van der Waals surface area contributed by atoms with Crippen LogP contribution in [0.2, 0.25) is 0 Å². The van der Waals surface area contributed by atoms with E-state index in [1.807, 2.05) is 42.5 Å². The van der Waals surface area contributed by atoms with Gasteiger partial charge in [0.25, 0.3) is 0 Å². The van der Waals surface area contributed by atoms with Gasteiger partial charge in [0, 0.05) is 5.56 Å². The summed E-state index contributed by atoms with van der Waals surface area (Å²) in [5.41, 5.74) is 6.83. The Hall–Kier alpha value is -2.98. The van der Waals surface area contributed by atoms with Gasteiger partial charge in [-0.3, -0.25) is 10.7 Å². The van der Waals surface area contributed by atoms with Gasteiger partial charge >= 0.3 is 0 Å². The molecule has 0 fully saturated rings. The second kappa shape index (κ2) is 7.06. The minimum Gasteiger partial charge on any atom is -0.508 e. The number of phenols is 1. The van der Waals surface area contributed by atoms with Crippen molar-refractivity contribution in [2.24, 2.45) is 0 Å². The highest BCUT2D eigenvalue weighted by molar-refractivity contribution is 5.74. The third-order valence-electron chi connectivity index (χ3n) is 3.89. The maximum absolute atomic E-state index is 9.61. The summed E-state index contributed by atoms with van der Waals surface area (Å²) in [4.78, 5) is 0. The van der Waals surface area contributed by atoms with Crippen molar-refractivity contribution in [1.82, 2.24) is 0 Å². The van der Waals surface area contributed by atoms with E-state index in [1.54, 1.807) is 25.3 Å². The van der Waals surface area contributed by atoms with Crippen LogP contribution in [0, 0.1) is 0 Å². The molecule has 0 aliphatic heterocycles. The van der Waals surface area contributed by atoms with Crippen molar-refractivity contribution >= 4 is 5.69 Å². The van der Waals surface area contributed by atoms with E-state index in [-0.39, 0.29) is 5.75 Å². The zero-order valence-corrected chi connectivity index (χ0v) is 13.4. The number of ether oxygens (including phenoxy) is 1. The topological polar surface area (TPSA) is 61.7 Å². The molecule has 0 unspecified atom stereocenters. The molecule has 3 aromatic carbocycles. The van der Waals surface area contributed by atoms with E-state index >= 15 is 0 Å². The number of rotatable bonds is 5. The predicted octanol–water partition coefficient (Wildman–Crippen LogP) is 4.46. The molecule has 0 saturated heterocycles. The molecule has 0 atom stereocenters. The quantitative estimate of drug-likeness (QED) is 0.607. The lowest BCUT2D eigenvalue weighted by Gasteiger charge is -2.12. The molecule has 3 N–H and O–H groups in total. The van der Waals surface area contributed by atoms with Crippen LogP contribution >= 0.6 is 0 Å². The van der Waals surface area contributed by atoms with Crippen LogP contribution in [0.4, 0.5) is 5.69 Å². The Balaban J connectivity index is 1.98. The molecule has 4 nitrogen and oxygen atoms in total. The molecule has 122 valence electrons. The fourth-order valence-corrected chi connectivity index (χ4v) is 2.75. The van der Waals surface area contributed by atoms with Crippen LogP contribution in [-0.2, 0) is 6.42 Å². The number of nitrogens with one attached hydrogen (secondary N) is 1. The SMILES string of the molecule is COc1ccc(Cc2cccc(O)c2)cc1-c1cccc(NO)c1. The molecular formula is C20H19NO3. The van der Waals surface area contributed by atoms with Crippen LogP contribution in [0.25, 0.3) is 11.1 Å². The third kappa shape index (κ3) is 3.50. The average molecular weight is 321 g/mol. The Morgan fingerprint density at radius 2 is 1.71 bits per heavy atom. The number of aromatic hydroxyl groups is 1. The summed E-state index contributed by atoms with van der Waals surface area (Å²) in [6.07, 6.45) is 0.712. The first-order valence-electron chi connectivity index (χ1n) is 7.65. The number of benzene rings is 3. The number of anilines is 1. The lowest BCUT2D eigenvalue weighted by molar-refractivity contribution is 0.389. The van der Waals surface area contributed by atoms with Gasteiger partial charge in [-0.15, -0.1) is 0 Å². The Kier molecular flexibility index (Phi) is 4.68. The Bertz CT molecular complexity index is 846. The van der Waals surface area contributed by atoms with Gasteiger partial charge in [0.15, 0.2) is 0 Å². The minimum absolute atomic E-state index is 0.267. The summed E-state index contributed by atoms with van der Waals surface area (Å²) < 4.78 is 5.47. The van der Waals surface area contributed by atoms with Gasteiger partial charge in [0.2, 0.25) is 0 Å². The minimum atomic E-state index is 0.267. The Labute approximate surface area is 140 Å². The summed E-state index contributed by atoms with van der Waals surface area (Å²) >= 11 is 0. The molecule has 0 aliphatic rings. The molecule has 0 heterocycles. The Morgan fingerprint density at radius 3 is 2.46 bits per heavy atom. The van der Waals surface area contributed by atoms with Crippen molar-refractivity contribution in [2.75, 3.05) is 12.6 Å². The molecule has 0 bridgehead atoms. The van der Waals surface area contributed by atoms with Crippen molar-refractivity contribution < 1.29 is 15.1 Å². The van der Waals surface area contributed by atoms with Crippen LogP contribution in [0.1, 0.15) is 11.1 Å². The van der Waals surface area contributed by atoms with E-state index < -0.39 is 0 Å². The van der Waals surface area contributed by atoms with E-state index in [4.69, 9.17) is 9.94 Å². The normalized spacial score (nSPS) is 10.4. The zero-order valence-electron chi connectivity index (χ0n) is 13.4. The molecule has 0 amide bonds. The second-order valence-corrected chi connectivity index (χ2v) is 5.57. The Morgan fingerprint density at radius 1 is 0.917 bits per heavy atom. The lowest BCUT2D eigenvalue weighted by Crippen LogP contribution is -1.94. The summed E-state index contributed by atoms with van der Waals surface area (Å²) in [6, 6.07) is 20.8. The highest BCUT2D eigenvalue weighted by Gasteiger charge is 2.09. The maximum atomic E-state index is 9.61. The fraction of sp³-hybridized carbons (Fsp3) is 0.100. The maximum Gasteiger partial charge on any atom is 0.126 e. The van der Waals surface area contributed by atoms with Crippen molar-refractivity contribution in [1.29, 1.82) is 0 Å². The van der Waals surface area contributed by atoms with Crippen molar-refractivity contribution in [3.8, 4) is 22.6 Å². The standard InChI is InChI=1S/C20H19NO3/c1-24-20-9-8-15(10-14-4-2-7-18(22)11-14)12-19(20)16-5-3-6-17(13-16)21-23/h2-9,11-13,21-23H,10H2,1H3. The number of phenolic OH excluding ortho intramolecular Hbond substituents is 1. The monoisotopic (exact) mass is 321 g/mol. The largest absolute Gasteiger partial charge is 0.508 e. The number of hydrogen-bond acceptors (Lipinski definition) is 4. The molecular weight excluding hydrogens is 302 g/mol. The zero-order chi connectivity index (χ0) is 16.9. The highest BCUT2D eigenvalue weighted by atomic mass is 16.5. The third-order valence-corrected chi connectivity index (χ3v) is 3.89. The van der Waals surface area contributed by atoms with Crippen molar-refractivity contribution in [2.45, 2.75) is 6.42 Å². The second-order valence-electron chi connectivity index (χ2n) is 5.57. The van der Waals surface area contributed by atoms with E-state index in [0.717, 1.165) is 28.0 Å². The van der Waals surface area contributed by atoms with Crippen LogP contribution in [0.15, 0.2) is 66.7 Å². The van der Waals surface area contributed by atoms with Gasteiger partial charge in [0.05, 0.1) is 12.8 Å². The van der Waals surface area contributed by atoms with E-state index in [9.17, 15) is 5.11 Å². The summed E-state index contributed by atoms with van der Waals surface area (Å²) in [5, 5.41) is 18.7. The van der Waals surface area contributed by atoms with Crippen LogP contribution < -0.4 is 10.2 Å². The van der Waals surface area contributed by atoms with Crippen molar-refractivity contribution in [3.05, 3.63) is 77.9 Å². The van der Waals surface area contributed by atoms with E-state index in [0.29, 0.717) is 12.1 Å². The van der Waals surface area contributed by atoms with Crippen LogP contribution in [-0.4, -0.2) is 17.4 Å². The highest BCUT2D eigenvalue weighted by Crippen LogP contribution is 2.33. The lowest BCUT2D eigenvalue weighted by atomic mass is 9.98. The van der Waals surface area contributed by atoms with Gasteiger partial charge < -0.3 is 9.84 Å². The van der Waals surface area contributed by atoms with Gasteiger partial charge in [-0.1, -0.05) is 30.3 Å². The molecule has 24 heavy (non-hydrogen) atoms. The van der Waals surface area contributed by atoms with Gasteiger partial charge in [-0.25, -0.2) is 0 Å². The van der Waals surface area contributed by atoms with Gasteiger partial charge in [-0.2, -0.15) is 0 Å². The average Bonchev–Trinajstić information content (AvgIpc) is 2.62. The summed E-state index contributed by atoms with van der Waals surface area (Å²) in [5.74, 6) is 1.03. The molecule has 0 aliphatic carbocycles. The van der Waals surface area contributed by atoms with Crippen LogP contribution in [0.3, 0.4) is 0 Å². The van der Waals surface area contributed by atoms with E-state index in [2.05, 4.69) is 11.5 Å². The first kappa shape index (κ1) is 15.9. The number of hydrogen-bond donors (Lipinski definition) is 3. The van der Waals surface area contributed by atoms with Crippen molar-refractivity contribution in [3.63, 3.8) is 0 Å². The first-order valence-corrected chi connectivity index (χ1v) is 7.65. The fourth-order valence-electron chi connectivity index (χ4n) is 2.75. The predicted molar refractivity (Wildman–Crippen MR) is 94.8 cm³/mol. The first-order chi connectivity index (χ1) is 11.7. The molecule has 0 radical (unpaired) electrons. The molecule has 3 rings (SSSR count). The van der Waals surface area contributed by atoms with Gasteiger partial charge in [-0.05, 0) is 59.5 Å². The van der Waals surface area contributed by atoms with Gasteiger partial charge in [0.1, 0.15) is 11.5 Å².